The highest BCUT2D eigenvalue weighted by Crippen LogP contribution is 2.29. The fourth-order valence-corrected chi connectivity index (χ4v) is 2.42. The molecule has 26 heavy (non-hydrogen) atoms. The average Bonchev–Trinajstić information content (AvgIpc) is 2.57. The Balaban J connectivity index is 0.00000338. The lowest BCUT2D eigenvalue weighted by molar-refractivity contribution is -0.134. The Kier molecular flexibility index (Phi) is 9.62. The van der Waals surface area contributed by atoms with Crippen molar-refractivity contribution >= 4 is 28.9 Å². The van der Waals surface area contributed by atoms with Gasteiger partial charge < -0.3 is 14.8 Å². The maximum absolute atomic E-state index is 11.2. The van der Waals surface area contributed by atoms with E-state index in [4.69, 9.17) is 9.47 Å². The minimum absolute atomic E-state index is 0. The Labute approximate surface area is 164 Å². The molecule has 0 aliphatic carbocycles. The molecule has 0 amide bonds. The van der Waals surface area contributed by atoms with Gasteiger partial charge in [-0.3, -0.25) is 9.59 Å². The molecule has 0 saturated heterocycles. The molecule has 0 radical (unpaired) electrons. The molecule has 2 aromatic carbocycles. The minimum atomic E-state index is -0.455. The van der Waals surface area contributed by atoms with Crippen LogP contribution in [-0.2, 0) is 22.4 Å². The standard InChI is InChI=1S/C20H23NO4.BrH/c1-15(22)24-19-9-8-18(14-20(19)25-16(2)23)11-13-21-12-10-17-6-4-3-5-7-17;/h3-9,14,21H,10-13H2,1-2H3;1H. The van der Waals surface area contributed by atoms with Gasteiger partial charge in [0.15, 0.2) is 11.5 Å². The molecule has 5 nitrogen and oxygen atoms in total. The van der Waals surface area contributed by atoms with Crippen LogP contribution in [0.4, 0.5) is 0 Å². The first kappa shape index (κ1) is 21.9. The number of carbonyl (C=O) groups is 2. The average molecular weight is 422 g/mol. The maximum atomic E-state index is 11.2. The van der Waals surface area contributed by atoms with Crippen molar-refractivity contribution in [2.45, 2.75) is 26.7 Å². The van der Waals surface area contributed by atoms with Gasteiger partial charge in [-0.2, -0.15) is 0 Å². The fourth-order valence-electron chi connectivity index (χ4n) is 2.42. The van der Waals surface area contributed by atoms with Crippen molar-refractivity contribution in [1.29, 1.82) is 0 Å². The zero-order valence-corrected chi connectivity index (χ0v) is 16.7. The second-order valence-electron chi connectivity index (χ2n) is 5.70. The van der Waals surface area contributed by atoms with Crippen LogP contribution >= 0.6 is 17.0 Å². The number of rotatable bonds is 8. The van der Waals surface area contributed by atoms with E-state index in [1.54, 1.807) is 12.1 Å². The van der Waals surface area contributed by atoms with E-state index in [-0.39, 0.29) is 28.5 Å². The quantitative estimate of drug-likeness (QED) is 0.401. The zero-order valence-electron chi connectivity index (χ0n) is 15.0. The Bertz CT molecular complexity index is 719. The topological polar surface area (TPSA) is 64.6 Å². The lowest BCUT2D eigenvalue weighted by Gasteiger charge is -2.11. The number of nitrogens with one attached hydrogen (secondary N) is 1. The summed E-state index contributed by atoms with van der Waals surface area (Å²) in [5, 5.41) is 3.40. The Morgan fingerprint density at radius 2 is 1.38 bits per heavy atom. The molecule has 0 saturated carbocycles. The van der Waals surface area contributed by atoms with Crippen molar-refractivity contribution in [2.24, 2.45) is 0 Å². The van der Waals surface area contributed by atoms with Gasteiger partial charge in [0, 0.05) is 13.8 Å². The third-order valence-corrected chi connectivity index (χ3v) is 3.54. The number of hydrogen-bond donors (Lipinski definition) is 1. The number of esters is 2. The van der Waals surface area contributed by atoms with Gasteiger partial charge in [0.25, 0.3) is 0 Å². The Morgan fingerprint density at radius 3 is 2.00 bits per heavy atom. The van der Waals surface area contributed by atoms with Crippen molar-refractivity contribution < 1.29 is 19.1 Å². The van der Waals surface area contributed by atoms with Crippen LogP contribution in [-0.4, -0.2) is 25.0 Å². The number of benzene rings is 2. The molecule has 2 rings (SSSR count). The summed E-state index contributed by atoms with van der Waals surface area (Å²) in [4.78, 5) is 22.3. The number of ether oxygens (including phenoxy) is 2. The van der Waals surface area contributed by atoms with E-state index in [2.05, 4.69) is 17.4 Å². The summed E-state index contributed by atoms with van der Waals surface area (Å²) in [6.45, 7) is 4.32. The first-order valence-corrected chi connectivity index (χ1v) is 8.29. The van der Waals surface area contributed by atoms with Crippen LogP contribution in [0.1, 0.15) is 25.0 Å². The first-order valence-electron chi connectivity index (χ1n) is 8.29. The summed E-state index contributed by atoms with van der Waals surface area (Å²) in [6.07, 6.45) is 1.76. The molecule has 0 heterocycles. The van der Waals surface area contributed by atoms with E-state index < -0.39 is 11.9 Å². The van der Waals surface area contributed by atoms with Gasteiger partial charge in [0.1, 0.15) is 0 Å². The highest BCUT2D eigenvalue weighted by atomic mass is 79.9. The van der Waals surface area contributed by atoms with Gasteiger partial charge in [0.2, 0.25) is 0 Å². The molecule has 0 aromatic heterocycles. The Hall–Kier alpha value is -2.18. The van der Waals surface area contributed by atoms with Gasteiger partial charge >= 0.3 is 11.9 Å². The molecule has 1 N–H and O–H groups in total. The van der Waals surface area contributed by atoms with Crippen LogP contribution in [0.2, 0.25) is 0 Å². The molecule has 0 fully saturated rings. The second kappa shape index (κ2) is 11.4. The first-order chi connectivity index (χ1) is 12.0. The maximum Gasteiger partial charge on any atom is 0.308 e. The van der Waals surface area contributed by atoms with Gasteiger partial charge in [-0.25, -0.2) is 0 Å². The number of carbonyl (C=O) groups excluding carboxylic acids is 2. The van der Waals surface area contributed by atoms with Crippen molar-refractivity contribution in [3.05, 3.63) is 59.7 Å². The summed E-state index contributed by atoms with van der Waals surface area (Å²) in [7, 11) is 0. The van der Waals surface area contributed by atoms with Crippen LogP contribution in [0, 0.1) is 0 Å². The van der Waals surface area contributed by atoms with E-state index in [0.717, 1.165) is 31.5 Å². The molecular formula is C20H24BrNO4. The molecule has 0 bridgehead atoms. The molecule has 140 valence electrons. The summed E-state index contributed by atoms with van der Waals surface area (Å²) < 4.78 is 10.2. The largest absolute Gasteiger partial charge is 0.423 e. The van der Waals surface area contributed by atoms with Crippen LogP contribution in [0.5, 0.6) is 11.5 Å². The molecule has 2 aromatic rings. The van der Waals surface area contributed by atoms with E-state index >= 15 is 0 Å². The molecule has 0 atom stereocenters. The van der Waals surface area contributed by atoms with E-state index in [1.807, 2.05) is 24.3 Å². The van der Waals surface area contributed by atoms with Crippen molar-refractivity contribution in [3.63, 3.8) is 0 Å². The lowest BCUT2D eigenvalue weighted by atomic mass is 10.1. The number of halogens is 1. The van der Waals surface area contributed by atoms with Crippen molar-refractivity contribution in [1.82, 2.24) is 5.32 Å². The second-order valence-corrected chi connectivity index (χ2v) is 5.70. The highest BCUT2D eigenvalue weighted by molar-refractivity contribution is 8.93. The molecule has 0 spiro atoms. The Morgan fingerprint density at radius 1 is 0.808 bits per heavy atom. The van der Waals surface area contributed by atoms with Crippen LogP contribution in [0.3, 0.4) is 0 Å². The SMILES string of the molecule is Br.CC(=O)Oc1ccc(CCNCCc2ccccc2)cc1OC(C)=O. The molecular weight excluding hydrogens is 398 g/mol. The van der Waals surface area contributed by atoms with Crippen LogP contribution in [0.25, 0.3) is 0 Å². The summed E-state index contributed by atoms with van der Waals surface area (Å²) in [5.41, 5.74) is 2.30. The van der Waals surface area contributed by atoms with Crippen molar-refractivity contribution in [3.8, 4) is 11.5 Å². The van der Waals surface area contributed by atoms with E-state index in [9.17, 15) is 9.59 Å². The predicted octanol–water partition coefficient (Wildman–Crippen LogP) is 3.49. The monoisotopic (exact) mass is 421 g/mol. The van der Waals surface area contributed by atoms with Gasteiger partial charge in [0.05, 0.1) is 0 Å². The summed E-state index contributed by atoms with van der Waals surface area (Å²) >= 11 is 0. The molecule has 0 aliphatic rings. The van der Waals surface area contributed by atoms with E-state index in [1.165, 1.54) is 19.4 Å². The third kappa shape index (κ3) is 7.80. The van der Waals surface area contributed by atoms with Crippen molar-refractivity contribution in [2.75, 3.05) is 13.1 Å². The summed E-state index contributed by atoms with van der Waals surface area (Å²) in [6, 6.07) is 15.6. The molecule has 6 heteroatoms. The lowest BCUT2D eigenvalue weighted by Crippen LogP contribution is -2.20. The molecule has 0 aliphatic heterocycles. The van der Waals surface area contributed by atoms with E-state index in [0.29, 0.717) is 0 Å². The highest BCUT2D eigenvalue weighted by Gasteiger charge is 2.11. The van der Waals surface area contributed by atoms with Crippen LogP contribution in [0.15, 0.2) is 48.5 Å². The normalized spacial score (nSPS) is 9.92. The fraction of sp³-hybridized carbons (Fsp3) is 0.300. The van der Waals surface area contributed by atoms with Crippen LogP contribution < -0.4 is 14.8 Å². The minimum Gasteiger partial charge on any atom is -0.423 e. The third-order valence-electron chi connectivity index (χ3n) is 3.54. The van der Waals surface area contributed by atoms with Gasteiger partial charge in [-0.15, -0.1) is 17.0 Å². The summed E-state index contributed by atoms with van der Waals surface area (Å²) in [5.74, 6) is -0.386. The number of hydrogen-bond acceptors (Lipinski definition) is 5. The molecule has 0 unspecified atom stereocenters. The van der Waals surface area contributed by atoms with Gasteiger partial charge in [-0.05, 0) is 49.2 Å². The van der Waals surface area contributed by atoms with Gasteiger partial charge in [-0.1, -0.05) is 36.4 Å². The zero-order chi connectivity index (χ0) is 18.1. The predicted molar refractivity (Wildman–Crippen MR) is 106 cm³/mol. The smallest absolute Gasteiger partial charge is 0.308 e.